The summed E-state index contributed by atoms with van der Waals surface area (Å²) in [7, 11) is 1.65. The van der Waals surface area contributed by atoms with Crippen LogP contribution < -0.4 is 15.0 Å². The predicted octanol–water partition coefficient (Wildman–Crippen LogP) is 3.91. The number of benzene rings is 3. The number of carbonyl (C=O) groups is 2. The van der Waals surface area contributed by atoms with Crippen LogP contribution in [0.25, 0.3) is 0 Å². The van der Waals surface area contributed by atoms with Gasteiger partial charge in [0.1, 0.15) is 5.75 Å². The minimum atomic E-state index is -0.196. The Hall–Kier alpha value is -3.80. The van der Waals surface area contributed by atoms with E-state index in [4.69, 9.17) is 4.74 Å². The maximum absolute atomic E-state index is 13.0. The van der Waals surface area contributed by atoms with Crippen LogP contribution in [0.5, 0.6) is 5.75 Å². The third-order valence-electron chi connectivity index (χ3n) is 5.41. The second kappa shape index (κ2) is 9.34. The van der Waals surface area contributed by atoms with Crippen LogP contribution in [0.15, 0.2) is 78.9 Å². The van der Waals surface area contributed by atoms with Crippen molar-refractivity contribution in [3.05, 3.63) is 90.0 Å². The Morgan fingerprint density at radius 3 is 2.16 bits per heavy atom. The zero-order valence-electron chi connectivity index (χ0n) is 17.5. The van der Waals surface area contributed by atoms with Crippen LogP contribution in [0.1, 0.15) is 20.7 Å². The van der Waals surface area contributed by atoms with Crippen molar-refractivity contribution >= 4 is 23.2 Å². The first-order valence-electron chi connectivity index (χ1n) is 10.3. The van der Waals surface area contributed by atoms with Gasteiger partial charge in [0.15, 0.2) is 0 Å². The van der Waals surface area contributed by atoms with Gasteiger partial charge >= 0.3 is 0 Å². The molecule has 3 aromatic carbocycles. The summed E-state index contributed by atoms with van der Waals surface area (Å²) < 4.78 is 5.22. The highest BCUT2D eigenvalue weighted by molar-refractivity contribution is 6.05. The molecule has 0 aliphatic carbocycles. The van der Waals surface area contributed by atoms with Crippen molar-refractivity contribution in [3.8, 4) is 5.75 Å². The van der Waals surface area contributed by atoms with E-state index in [0.717, 1.165) is 24.5 Å². The van der Waals surface area contributed by atoms with Crippen molar-refractivity contribution in [2.45, 2.75) is 0 Å². The lowest BCUT2D eigenvalue weighted by Crippen LogP contribution is -2.48. The molecule has 0 aromatic heterocycles. The van der Waals surface area contributed by atoms with Crippen LogP contribution in [-0.2, 0) is 0 Å². The van der Waals surface area contributed by atoms with Crippen molar-refractivity contribution in [2.75, 3.05) is 43.5 Å². The third-order valence-corrected chi connectivity index (χ3v) is 5.41. The molecular weight excluding hydrogens is 390 g/mol. The molecule has 0 bridgehead atoms. The fourth-order valence-corrected chi connectivity index (χ4v) is 3.67. The number of methoxy groups -OCH3 is 1. The Labute approximate surface area is 182 Å². The zero-order valence-corrected chi connectivity index (χ0v) is 17.5. The summed E-state index contributed by atoms with van der Waals surface area (Å²) in [5.41, 5.74) is 2.88. The van der Waals surface area contributed by atoms with Gasteiger partial charge in [0, 0.05) is 48.7 Å². The minimum Gasteiger partial charge on any atom is -0.497 e. The molecule has 1 fully saturated rings. The lowest BCUT2D eigenvalue weighted by molar-refractivity contribution is 0.0746. The molecule has 0 saturated carbocycles. The summed E-state index contributed by atoms with van der Waals surface area (Å²) in [6.07, 6.45) is 0. The van der Waals surface area contributed by atoms with E-state index in [9.17, 15) is 9.59 Å². The van der Waals surface area contributed by atoms with Crippen LogP contribution in [0.2, 0.25) is 0 Å². The van der Waals surface area contributed by atoms with Gasteiger partial charge in [-0.25, -0.2) is 0 Å². The number of carbonyl (C=O) groups excluding carboxylic acids is 2. The van der Waals surface area contributed by atoms with E-state index in [-0.39, 0.29) is 11.8 Å². The third kappa shape index (κ3) is 4.86. The first-order chi connectivity index (χ1) is 15.1. The van der Waals surface area contributed by atoms with Gasteiger partial charge in [0.2, 0.25) is 0 Å². The fraction of sp³-hybridized carbons (Fsp3) is 0.200. The van der Waals surface area contributed by atoms with Gasteiger partial charge in [-0.15, -0.1) is 0 Å². The highest BCUT2D eigenvalue weighted by Crippen LogP contribution is 2.21. The van der Waals surface area contributed by atoms with E-state index in [0.29, 0.717) is 29.9 Å². The smallest absolute Gasteiger partial charge is 0.255 e. The van der Waals surface area contributed by atoms with Crippen LogP contribution >= 0.6 is 0 Å². The number of anilines is 2. The van der Waals surface area contributed by atoms with Gasteiger partial charge in [-0.1, -0.05) is 24.3 Å². The Morgan fingerprint density at radius 1 is 0.806 bits per heavy atom. The molecule has 1 heterocycles. The molecular formula is C25H25N3O3. The van der Waals surface area contributed by atoms with Gasteiger partial charge in [-0.2, -0.15) is 0 Å². The number of hydrogen-bond donors (Lipinski definition) is 1. The zero-order chi connectivity index (χ0) is 21.6. The molecule has 1 N–H and O–H groups in total. The Bertz CT molecular complexity index is 1040. The fourth-order valence-electron chi connectivity index (χ4n) is 3.67. The van der Waals surface area contributed by atoms with Crippen molar-refractivity contribution in [1.82, 2.24) is 4.90 Å². The summed E-state index contributed by atoms with van der Waals surface area (Å²) in [6, 6.07) is 24.1. The molecule has 6 nitrogen and oxygen atoms in total. The standard InChI is InChI=1S/C25H25N3O3/c1-31-23-12-10-22(11-13-23)27-14-16-28(17-15-27)25(30)20-8-5-9-21(18-20)26-24(29)19-6-3-2-4-7-19/h2-13,18H,14-17H2,1H3,(H,26,29). The highest BCUT2D eigenvalue weighted by atomic mass is 16.5. The molecule has 158 valence electrons. The predicted molar refractivity (Wildman–Crippen MR) is 122 cm³/mol. The number of hydrogen-bond acceptors (Lipinski definition) is 4. The number of amides is 2. The molecule has 4 rings (SSSR count). The summed E-state index contributed by atoms with van der Waals surface area (Å²) in [6.45, 7) is 2.82. The summed E-state index contributed by atoms with van der Waals surface area (Å²) in [5.74, 6) is 0.611. The topological polar surface area (TPSA) is 61.9 Å². The average molecular weight is 415 g/mol. The number of ether oxygens (including phenoxy) is 1. The van der Waals surface area contributed by atoms with Crippen molar-refractivity contribution < 1.29 is 14.3 Å². The molecule has 3 aromatic rings. The van der Waals surface area contributed by atoms with Crippen LogP contribution in [-0.4, -0.2) is 50.0 Å². The second-order valence-corrected chi connectivity index (χ2v) is 7.38. The Kier molecular flexibility index (Phi) is 6.17. The lowest BCUT2D eigenvalue weighted by atomic mass is 10.1. The minimum absolute atomic E-state index is 0.0230. The maximum atomic E-state index is 13.0. The van der Waals surface area contributed by atoms with Crippen LogP contribution in [0, 0.1) is 0 Å². The number of nitrogens with one attached hydrogen (secondary N) is 1. The summed E-state index contributed by atoms with van der Waals surface area (Å²) >= 11 is 0. The van der Waals surface area contributed by atoms with E-state index < -0.39 is 0 Å². The molecule has 0 radical (unpaired) electrons. The normalized spacial score (nSPS) is 13.6. The number of nitrogens with zero attached hydrogens (tertiary/aromatic N) is 2. The van der Waals surface area contributed by atoms with Gasteiger partial charge in [-0.3, -0.25) is 9.59 Å². The Balaban J connectivity index is 1.37. The SMILES string of the molecule is COc1ccc(N2CCN(C(=O)c3cccc(NC(=O)c4ccccc4)c3)CC2)cc1. The van der Waals surface area contributed by atoms with E-state index in [1.54, 1.807) is 43.5 Å². The van der Waals surface area contributed by atoms with E-state index in [1.165, 1.54) is 0 Å². The molecule has 1 aliphatic rings. The van der Waals surface area contributed by atoms with Crippen LogP contribution in [0.4, 0.5) is 11.4 Å². The lowest BCUT2D eigenvalue weighted by Gasteiger charge is -2.36. The quantitative estimate of drug-likeness (QED) is 0.686. The van der Waals surface area contributed by atoms with E-state index >= 15 is 0 Å². The molecule has 6 heteroatoms. The first kappa shape index (κ1) is 20.5. The van der Waals surface area contributed by atoms with E-state index in [1.807, 2.05) is 47.4 Å². The molecule has 0 unspecified atom stereocenters. The van der Waals surface area contributed by atoms with Crippen molar-refractivity contribution in [2.24, 2.45) is 0 Å². The van der Waals surface area contributed by atoms with Gasteiger partial charge in [0.05, 0.1) is 7.11 Å². The highest BCUT2D eigenvalue weighted by Gasteiger charge is 2.22. The van der Waals surface area contributed by atoms with Gasteiger partial charge in [0.25, 0.3) is 11.8 Å². The van der Waals surface area contributed by atoms with Crippen LogP contribution in [0.3, 0.4) is 0 Å². The average Bonchev–Trinajstić information content (AvgIpc) is 2.84. The second-order valence-electron chi connectivity index (χ2n) is 7.38. The van der Waals surface area contributed by atoms with Gasteiger partial charge in [-0.05, 0) is 54.6 Å². The molecule has 2 amide bonds. The first-order valence-corrected chi connectivity index (χ1v) is 10.3. The molecule has 1 aliphatic heterocycles. The van der Waals surface area contributed by atoms with Crippen molar-refractivity contribution in [1.29, 1.82) is 0 Å². The maximum Gasteiger partial charge on any atom is 0.255 e. The largest absolute Gasteiger partial charge is 0.497 e. The number of piperazine rings is 1. The molecule has 31 heavy (non-hydrogen) atoms. The molecule has 0 atom stereocenters. The summed E-state index contributed by atoms with van der Waals surface area (Å²) in [5, 5.41) is 2.87. The number of rotatable bonds is 5. The summed E-state index contributed by atoms with van der Waals surface area (Å²) in [4.78, 5) is 29.5. The van der Waals surface area contributed by atoms with Crippen molar-refractivity contribution in [3.63, 3.8) is 0 Å². The van der Waals surface area contributed by atoms with Gasteiger partial charge < -0.3 is 19.9 Å². The molecule has 0 spiro atoms. The monoisotopic (exact) mass is 415 g/mol. The van der Waals surface area contributed by atoms with E-state index in [2.05, 4.69) is 10.2 Å². The molecule has 1 saturated heterocycles. The Morgan fingerprint density at radius 2 is 1.48 bits per heavy atom.